The minimum absolute atomic E-state index is 0. The fourth-order valence-electron chi connectivity index (χ4n) is 2.01. The molecule has 0 fully saturated rings. The van der Waals surface area contributed by atoms with Crippen LogP contribution in [0.2, 0.25) is 0 Å². The average Bonchev–Trinajstić information content (AvgIpc) is 2.59. The zero-order valence-corrected chi connectivity index (χ0v) is 19.0. The van der Waals surface area contributed by atoms with Crippen molar-refractivity contribution >= 4 is 39.8 Å². The zero-order valence-electron chi connectivity index (χ0n) is 15.9. The average molecular weight is 537 g/mol. The summed E-state index contributed by atoms with van der Waals surface area (Å²) in [5.74, 6) is 0.628. The molecule has 28 heavy (non-hydrogen) atoms. The molecular weight excluding hydrogens is 510 g/mol. The van der Waals surface area contributed by atoms with Crippen molar-refractivity contribution in [3.8, 4) is 0 Å². The van der Waals surface area contributed by atoms with Crippen molar-refractivity contribution < 1.29 is 26.3 Å². The fraction of sp³-hybridized carbons (Fsp3) is 0.588. The second kappa shape index (κ2) is 13.2. The highest BCUT2D eigenvalue weighted by molar-refractivity contribution is 14.0. The van der Waals surface area contributed by atoms with Gasteiger partial charge in [0.1, 0.15) is 6.61 Å². The number of benzene rings is 1. The van der Waals surface area contributed by atoms with Gasteiger partial charge in [0.2, 0.25) is 0 Å². The number of hydrogen-bond acceptors (Lipinski definition) is 4. The van der Waals surface area contributed by atoms with E-state index in [4.69, 9.17) is 0 Å². The largest absolute Gasteiger partial charge is 0.411 e. The van der Waals surface area contributed by atoms with E-state index in [-0.39, 0.29) is 48.6 Å². The molecule has 0 spiro atoms. The van der Waals surface area contributed by atoms with E-state index in [0.717, 1.165) is 5.56 Å². The molecule has 11 heteroatoms. The first-order chi connectivity index (χ1) is 12.6. The Morgan fingerprint density at radius 3 is 2.25 bits per heavy atom. The molecule has 2 N–H and O–H groups in total. The van der Waals surface area contributed by atoms with E-state index in [1.165, 1.54) is 0 Å². The van der Waals surface area contributed by atoms with Gasteiger partial charge in [-0.2, -0.15) is 13.2 Å². The van der Waals surface area contributed by atoms with E-state index in [1.54, 1.807) is 31.2 Å². The Balaban J connectivity index is 0.00000729. The van der Waals surface area contributed by atoms with Gasteiger partial charge in [0.15, 0.2) is 15.8 Å². The van der Waals surface area contributed by atoms with E-state index < -0.39 is 22.6 Å². The first-order valence-electron chi connectivity index (χ1n) is 8.60. The summed E-state index contributed by atoms with van der Waals surface area (Å²) in [6, 6.07) is 6.91. The van der Waals surface area contributed by atoms with Crippen molar-refractivity contribution in [3.63, 3.8) is 0 Å². The summed E-state index contributed by atoms with van der Waals surface area (Å²) in [5, 5.41) is 6.00. The number of sulfone groups is 1. The summed E-state index contributed by atoms with van der Waals surface area (Å²) in [7, 11) is -3.05. The predicted octanol–water partition coefficient (Wildman–Crippen LogP) is 2.87. The lowest BCUT2D eigenvalue weighted by atomic mass is 10.1. The molecule has 0 saturated heterocycles. The molecule has 0 radical (unpaired) electrons. The van der Waals surface area contributed by atoms with Crippen molar-refractivity contribution in [1.82, 2.24) is 10.6 Å². The van der Waals surface area contributed by atoms with Crippen molar-refractivity contribution in [2.75, 3.05) is 31.2 Å². The van der Waals surface area contributed by atoms with Gasteiger partial charge < -0.3 is 15.4 Å². The number of alkyl halides is 3. The van der Waals surface area contributed by atoms with E-state index in [2.05, 4.69) is 20.4 Å². The number of hydrogen-bond donors (Lipinski definition) is 2. The first kappa shape index (κ1) is 26.9. The van der Waals surface area contributed by atoms with Gasteiger partial charge in [0.25, 0.3) is 0 Å². The maximum atomic E-state index is 12.1. The third kappa shape index (κ3) is 12.4. The highest BCUT2D eigenvalue weighted by Gasteiger charge is 2.27. The van der Waals surface area contributed by atoms with Gasteiger partial charge in [0.05, 0.1) is 18.9 Å². The molecule has 0 atom stereocenters. The Hall–Kier alpha value is -1.08. The fourth-order valence-corrected chi connectivity index (χ4v) is 2.71. The van der Waals surface area contributed by atoms with Crippen LogP contribution in [0.1, 0.15) is 25.0 Å². The molecule has 0 aliphatic rings. The summed E-state index contributed by atoms with van der Waals surface area (Å²) in [6.45, 7) is 3.35. The maximum absolute atomic E-state index is 12.1. The standard InChI is InChI=1S/C17H26F3N3O3S.HI/c1-3-21-16(22-9-10-27(24,25)4-2)23-11-14-5-7-15(8-6-14)12-26-13-17(18,19)20;/h5-8H,3-4,9-13H2,1-2H3,(H2,21,22,23);1H. The third-order valence-corrected chi connectivity index (χ3v) is 5.17. The second-order valence-electron chi connectivity index (χ2n) is 5.78. The highest BCUT2D eigenvalue weighted by Crippen LogP contribution is 2.16. The van der Waals surface area contributed by atoms with Gasteiger partial charge in [-0.3, -0.25) is 0 Å². The van der Waals surface area contributed by atoms with Crippen molar-refractivity contribution in [2.24, 2.45) is 4.99 Å². The quantitative estimate of drug-likeness (QED) is 0.273. The molecule has 0 amide bonds. The summed E-state index contributed by atoms with van der Waals surface area (Å²) in [5.41, 5.74) is 1.51. The van der Waals surface area contributed by atoms with E-state index in [1.807, 2.05) is 6.92 Å². The van der Waals surface area contributed by atoms with Gasteiger partial charge in [-0.1, -0.05) is 31.2 Å². The molecule has 1 aromatic carbocycles. The van der Waals surface area contributed by atoms with E-state index in [0.29, 0.717) is 24.6 Å². The van der Waals surface area contributed by atoms with Crippen LogP contribution in [0.15, 0.2) is 29.3 Å². The van der Waals surface area contributed by atoms with Crippen molar-refractivity contribution in [2.45, 2.75) is 33.2 Å². The Labute approximate surface area is 181 Å². The Morgan fingerprint density at radius 2 is 1.71 bits per heavy atom. The van der Waals surface area contributed by atoms with Crippen molar-refractivity contribution in [3.05, 3.63) is 35.4 Å². The number of guanidine groups is 1. The second-order valence-corrected chi connectivity index (χ2v) is 8.26. The minimum Gasteiger partial charge on any atom is -0.367 e. The van der Waals surface area contributed by atoms with Gasteiger partial charge in [-0.25, -0.2) is 13.4 Å². The van der Waals surface area contributed by atoms with Crippen LogP contribution in [0.25, 0.3) is 0 Å². The van der Waals surface area contributed by atoms with Crippen LogP contribution in [0, 0.1) is 0 Å². The normalized spacial score (nSPS) is 12.4. The number of nitrogens with zero attached hydrogens (tertiary/aromatic N) is 1. The number of aliphatic imine (C=N–C) groups is 1. The molecule has 1 rings (SSSR count). The lowest BCUT2D eigenvalue weighted by molar-refractivity contribution is -0.176. The third-order valence-electron chi connectivity index (χ3n) is 3.47. The molecule has 0 aliphatic heterocycles. The Kier molecular flexibility index (Phi) is 12.7. The first-order valence-corrected chi connectivity index (χ1v) is 10.4. The summed E-state index contributed by atoms with van der Waals surface area (Å²) < 4.78 is 63.8. The summed E-state index contributed by atoms with van der Waals surface area (Å²) in [4.78, 5) is 4.37. The molecule has 0 saturated carbocycles. The van der Waals surface area contributed by atoms with Gasteiger partial charge >= 0.3 is 6.18 Å². The Bertz CT molecular complexity index is 696. The molecular formula is C17H27F3IN3O3S. The van der Waals surface area contributed by atoms with Crippen LogP contribution < -0.4 is 10.6 Å². The zero-order chi connectivity index (χ0) is 20.3. The van der Waals surface area contributed by atoms with Gasteiger partial charge in [-0.05, 0) is 18.1 Å². The van der Waals surface area contributed by atoms with Crippen LogP contribution >= 0.6 is 24.0 Å². The van der Waals surface area contributed by atoms with Gasteiger partial charge in [-0.15, -0.1) is 24.0 Å². The van der Waals surface area contributed by atoms with Gasteiger partial charge in [0, 0.05) is 18.8 Å². The molecule has 0 aromatic heterocycles. The summed E-state index contributed by atoms with van der Waals surface area (Å²) in [6.07, 6.45) is -4.33. The van der Waals surface area contributed by atoms with Crippen LogP contribution in [0.4, 0.5) is 13.2 Å². The number of nitrogens with one attached hydrogen (secondary N) is 2. The van der Waals surface area contributed by atoms with Crippen LogP contribution in [0.5, 0.6) is 0 Å². The lowest BCUT2D eigenvalue weighted by Crippen LogP contribution is -2.39. The molecule has 1 aromatic rings. The van der Waals surface area contributed by atoms with E-state index in [9.17, 15) is 21.6 Å². The number of rotatable bonds is 10. The molecule has 0 heterocycles. The van der Waals surface area contributed by atoms with Crippen LogP contribution in [-0.2, 0) is 27.7 Å². The van der Waals surface area contributed by atoms with Crippen molar-refractivity contribution in [1.29, 1.82) is 0 Å². The maximum Gasteiger partial charge on any atom is 0.411 e. The van der Waals surface area contributed by atoms with Crippen LogP contribution in [0.3, 0.4) is 0 Å². The van der Waals surface area contributed by atoms with Crippen LogP contribution in [-0.4, -0.2) is 51.8 Å². The molecule has 6 nitrogen and oxygen atoms in total. The Morgan fingerprint density at radius 1 is 1.11 bits per heavy atom. The predicted molar refractivity (Wildman–Crippen MR) is 115 cm³/mol. The molecule has 0 unspecified atom stereocenters. The SMILES string of the molecule is CCNC(=NCc1ccc(COCC(F)(F)F)cc1)NCCS(=O)(=O)CC.I. The number of halogens is 4. The molecule has 0 aliphatic carbocycles. The lowest BCUT2D eigenvalue weighted by Gasteiger charge is -2.11. The molecule has 0 bridgehead atoms. The topological polar surface area (TPSA) is 79.8 Å². The van der Waals surface area contributed by atoms with E-state index >= 15 is 0 Å². The smallest absolute Gasteiger partial charge is 0.367 e. The molecule has 162 valence electrons. The number of ether oxygens (including phenoxy) is 1. The summed E-state index contributed by atoms with van der Waals surface area (Å²) >= 11 is 0. The minimum atomic E-state index is -4.33. The monoisotopic (exact) mass is 537 g/mol. The highest BCUT2D eigenvalue weighted by atomic mass is 127.